The van der Waals surface area contributed by atoms with Gasteiger partial charge in [0.05, 0.1) is 17.9 Å². The summed E-state index contributed by atoms with van der Waals surface area (Å²) in [6.07, 6.45) is 3.03. The Kier molecular flexibility index (Phi) is 5.41. The molecular weight excluding hydrogens is 282 g/mol. The average molecular weight is 305 g/mol. The van der Waals surface area contributed by atoms with Crippen molar-refractivity contribution in [3.63, 3.8) is 0 Å². The Morgan fingerprint density at radius 1 is 1.23 bits per heavy atom. The van der Waals surface area contributed by atoms with Gasteiger partial charge in [0.1, 0.15) is 5.75 Å². The highest BCUT2D eigenvalue weighted by molar-refractivity contribution is 5.95. The first-order valence-corrected chi connectivity index (χ1v) is 7.77. The number of carboxylic acids is 1. The van der Waals surface area contributed by atoms with Gasteiger partial charge in [0.2, 0.25) is 5.91 Å². The summed E-state index contributed by atoms with van der Waals surface area (Å²) in [5, 5.41) is 12.1. The van der Waals surface area contributed by atoms with Gasteiger partial charge in [-0.05, 0) is 38.8 Å². The van der Waals surface area contributed by atoms with E-state index < -0.39 is 17.8 Å². The van der Waals surface area contributed by atoms with Crippen molar-refractivity contribution < 1.29 is 19.4 Å². The van der Waals surface area contributed by atoms with E-state index in [0.717, 1.165) is 12.8 Å². The summed E-state index contributed by atoms with van der Waals surface area (Å²) in [6.45, 7) is 3.87. The molecule has 0 bridgehead atoms. The number of aliphatic carboxylic acids is 1. The second kappa shape index (κ2) is 7.29. The molecule has 1 aliphatic carbocycles. The van der Waals surface area contributed by atoms with E-state index in [9.17, 15) is 14.7 Å². The molecular formula is C17H23NO4. The Labute approximate surface area is 130 Å². The van der Waals surface area contributed by atoms with E-state index in [1.54, 1.807) is 12.1 Å². The zero-order valence-corrected chi connectivity index (χ0v) is 13.0. The number of benzene rings is 1. The van der Waals surface area contributed by atoms with E-state index >= 15 is 0 Å². The second-order valence-electron chi connectivity index (χ2n) is 6.02. The van der Waals surface area contributed by atoms with Crippen LogP contribution in [0.5, 0.6) is 5.75 Å². The molecule has 22 heavy (non-hydrogen) atoms. The van der Waals surface area contributed by atoms with Crippen LogP contribution < -0.4 is 10.1 Å². The van der Waals surface area contributed by atoms with E-state index in [4.69, 9.17) is 4.74 Å². The third kappa shape index (κ3) is 4.23. The molecule has 1 amide bonds. The molecule has 0 aliphatic heterocycles. The molecule has 0 radical (unpaired) electrons. The Morgan fingerprint density at radius 3 is 2.55 bits per heavy atom. The van der Waals surface area contributed by atoms with Gasteiger partial charge < -0.3 is 15.2 Å². The first-order chi connectivity index (χ1) is 10.5. The largest absolute Gasteiger partial charge is 0.491 e. The quantitative estimate of drug-likeness (QED) is 0.875. The number of anilines is 1. The third-order valence-electron chi connectivity index (χ3n) is 3.89. The summed E-state index contributed by atoms with van der Waals surface area (Å²) < 4.78 is 5.60. The van der Waals surface area contributed by atoms with Gasteiger partial charge >= 0.3 is 5.97 Å². The first-order valence-electron chi connectivity index (χ1n) is 7.77. The van der Waals surface area contributed by atoms with E-state index in [1.807, 2.05) is 26.0 Å². The van der Waals surface area contributed by atoms with Crippen molar-refractivity contribution in [3.05, 3.63) is 24.3 Å². The molecule has 120 valence electrons. The number of rotatable bonds is 5. The van der Waals surface area contributed by atoms with Crippen LogP contribution in [-0.2, 0) is 9.59 Å². The summed E-state index contributed by atoms with van der Waals surface area (Å²) in [5.74, 6) is -1.44. The molecule has 5 nitrogen and oxygen atoms in total. The van der Waals surface area contributed by atoms with Gasteiger partial charge in [-0.1, -0.05) is 18.9 Å². The van der Waals surface area contributed by atoms with Crippen molar-refractivity contribution in [1.29, 1.82) is 0 Å². The van der Waals surface area contributed by atoms with E-state index in [2.05, 4.69) is 5.32 Å². The average Bonchev–Trinajstić information content (AvgIpc) is 2.46. The van der Waals surface area contributed by atoms with Crippen LogP contribution in [0.2, 0.25) is 0 Å². The molecule has 2 rings (SSSR count). The van der Waals surface area contributed by atoms with Crippen LogP contribution in [0.15, 0.2) is 24.3 Å². The standard InChI is InChI=1S/C17H23NO4/c1-11(2)22-13-7-5-6-12(10-13)18-16(19)14-8-3-4-9-15(14)17(20)21/h5-7,10-11,14-15H,3-4,8-9H2,1-2H3,(H,18,19)(H,20,21)/t14-,15+/m1/s1. The van der Waals surface area contributed by atoms with Crippen molar-refractivity contribution in [3.8, 4) is 5.75 Å². The zero-order valence-electron chi connectivity index (χ0n) is 13.0. The number of nitrogens with one attached hydrogen (secondary N) is 1. The Balaban J connectivity index is 2.06. The molecule has 0 spiro atoms. The molecule has 1 fully saturated rings. The molecule has 0 aromatic heterocycles. The number of amides is 1. The number of carbonyl (C=O) groups excluding carboxylic acids is 1. The number of hydrogen-bond donors (Lipinski definition) is 2. The number of hydrogen-bond acceptors (Lipinski definition) is 3. The molecule has 0 saturated heterocycles. The van der Waals surface area contributed by atoms with Crippen LogP contribution in [0.1, 0.15) is 39.5 Å². The van der Waals surface area contributed by atoms with Crippen molar-refractivity contribution >= 4 is 17.6 Å². The molecule has 0 heterocycles. The number of carbonyl (C=O) groups is 2. The molecule has 5 heteroatoms. The lowest BCUT2D eigenvalue weighted by molar-refractivity contribution is -0.147. The minimum Gasteiger partial charge on any atom is -0.491 e. The lowest BCUT2D eigenvalue weighted by Gasteiger charge is -2.27. The number of ether oxygens (including phenoxy) is 1. The van der Waals surface area contributed by atoms with Crippen LogP contribution in [0.3, 0.4) is 0 Å². The van der Waals surface area contributed by atoms with Crippen LogP contribution in [0.4, 0.5) is 5.69 Å². The lowest BCUT2D eigenvalue weighted by Crippen LogP contribution is -2.36. The van der Waals surface area contributed by atoms with Crippen LogP contribution in [0.25, 0.3) is 0 Å². The van der Waals surface area contributed by atoms with Gasteiger partial charge in [0.15, 0.2) is 0 Å². The van der Waals surface area contributed by atoms with Gasteiger partial charge in [-0.3, -0.25) is 9.59 Å². The molecule has 1 aliphatic rings. The summed E-state index contributed by atoms with van der Waals surface area (Å²) in [4.78, 5) is 23.7. The van der Waals surface area contributed by atoms with Gasteiger partial charge in [-0.25, -0.2) is 0 Å². The fourth-order valence-corrected chi connectivity index (χ4v) is 2.89. The smallest absolute Gasteiger partial charge is 0.307 e. The second-order valence-corrected chi connectivity index (χ2v) is 6.02. The van der Waals surface area contributed by atoms with Gasteiger partial charge in [0, 0.05) is 11.8 Å². The highest BCUT2D eigenvalue weighted by Gasteiger charge is 2.35. The Bertz CT molecular complexity index is 541. The minimum absolute atomic E-state index is 0.0562. The normalized spacial score (nSPS) is 21.4. The predicted molar refractivity (Wildman–Crippen MR) is 83.9 cm³/mol. The van der Waals surface area contributed by atoms with Crippen LogP contribution in [0, 0.1) is 11.8 Å². The van der Waals surface area contributed by atoms with E-state index in [0.29, 0.717) is 24.3 Å². The SMILES string of the molecule is CC(C)Oc1cccc(NC(=O)[C@@H]2CCCC[C@@H]2C(=O)O)c1. The maximum atomic E-state index is 12.4. The highest BCUT2D eigenvalue weighted by atomic mass is 16.5. The van der Waals surface area contributed by atoms with Gasteiger partial charge in [-0.2, -0.15) is 0 Å². The van der Waals surface area contributed by atoms with Crippen LogP contribution in [-0.4, -0.2) is 23.1 Å². The van der Waals surface area contributed by atoms with Gasteiger partial charge in [-0.15, -0.1) is 0 Å². The minimum atomic E-state index is -0.878. The van der Waals surface area contributed by atoms with Crippen molar-refractivity contribution in [2.45, 2.75) is 45.6 Å². The maximum absolute atomic E-state index is 12.4. The monoisotopic (exact) mass is 305 g/mol. The molecule has 1 aromatic rings. The Hall–Kier alpha value is -2.04. The summed E-state index contributed by atoms with van der Waals surface area (Å²) in [5.41, 5.74) is 0.637. The highest BCUT2D eigenvalue weighted by Crippen LogP contribution is 2.31. The fraction of sp³-hybridized carbons (Fsp3) is 0.529. The lowest BCUT2D eigenvalue weighted by atomic mass is 9.78. The van der Waals surface area contributed by atoms with Crippen molar-refractivity contribution in [2.24, 2.45) is 11.8 Å². The van der Waals surface area contributed by atoms with Crippen LogP contribution >= 0.6 is 0 Å². The predicted octanol–water partition coefficient (Wildman–Crippen LogP) is 3.30. The van der Waals surface area contributed by atoms with Crippen molar-refractivity contribution in [2.75, 3.05) is 5.32 Å². The Morgan fingerprint density at radius 2 is 1.91 bits per heavy atom. The topological polar surface area (TPSA) is 75.6 Å². The summed E-state index contributed by atoms with van der Waals surface area (Å²) in [6, 6.07) is 7.18. The molecule has 2 atom stereocenters. The van der Waals surface area contributed by atoms with E-state index in [-0.39, 0.29) is 12.0 Å². The summed E-state index contributed by atoms with van der Waals surface area (Å²) >= 11 is 0. The summed E-state index contributed by atoms with van der Waals surface area (Å²) in [7, 11) is 0. The zero-order chi connectivity index (χ0) is 16.1. The molecule has 1 saturated carbocycles. The fourth-order valence-electron chi connectivity index (χ4n) is 2.89. The van der Waals surface area contributed by atoms with Gasteiger partial charge in [0.25, 0.3) is 0 Å². The maximum Gasteiger partial charge on any atom is 0.307 e. The molecule has 1 aromatic carbocycles. The van der Waals surface area contributed by atoms with E-state index in [1.165, 1.54) is 0 Å². The first kappa shape index (κ1) is 16.3. The number of carboxylic acid groups (broad SMARTS) is 1. The van der Waals surface area contributed by atoms with Crippen molar-refractivity contribution in [1.82, 2.24) is 0 Å². The molecule has 2 N–H and O–H groups in total. The third-order valence-corrected chi connectivity index (χ3v) is 3.89. The molecule has 0 unspecified atom stereocenters.